The molecule has 0 saturated carbocycles. The van der Waals surface area contributed by atoms with Gasteiger partial charge in [-0.05, 0) is 36.6 Å². The normalized spacial score (nSPS) is 13.4. The number of benzene rings is 2. The van der Waals surface area contributed by atoms with Gasteiger partial charge >= 0.3 is 5.97 Å². The average molecular weight is 481 g/mol. The number of anilines is 1. The van der Waals surface area contributed by atoms with Crippen LogP contribution in [-0.2, 0) is 29.0 Å². The van der Waals surface area contributed by atoms with Gasteiger partial charge in [-0.1, -0.05) is 48.0 Å². The van der Waals surface area contributed by atoms with Crippen LogP contribution in [0, 0.1) is 6.92 Å². The molecular weight excluding hydrogens is 452 g/mol. The first-order valence-electron chi connectivity index (χ1n) is 11.0. The van der Waals surface area contributed by atoms with Gasteiger partial charge in [-0.3, -0.25) is 9.69 Å². The Morgan fingerprint density at radius 3 is 2.61 bits per heavy atom. The van der Waals surface area contributed by atoms with Gasteiger partial charge in [0.1, 0.15) is 5.00 Å². The van der Waals surface area contributed by atoms with Gasteiger partial charge in [0.2, 0.25) is 5.91 Å². The fraction of sp³-hybridized carbons (Fsp3) is 0.308. The Labute approximate surface area is 203 Å². The molecule has 2 heterocycles. The molecule has 33 heavy (non-hydrogen) atoms. The number of hydrogen-bond acceptors (Lipinski definition) is 6. The van der Waals surface area contributed by atoms with Crippen molar-refractivity contribution in [1.82, 2.24) is 4.90 Å². The van der Waals surface area contributed by atoms with Crippen LogP contribution in [0.2, 0.25) is 0 Å². The highest BCUT2D eigenvalue weighted by Crippen LogP contribution is 2.38. The smallest absolute Gasteiger partial charge is 0.341 e. The highest BCUT2D eigenvalue weighted by molar-refractivity contribution is 7.99. The van der Waals surface area contributed by atoms with E-state index in [9.17, 15) is 9.59 Å². The molecule has 0 atom stereocenters. The molecule has 2 aromatic carbocycles. The molecule has 1 amide bonds. The molecule has 1 aliphatic heterocycles. The maximum absolute atomic E-state index is 12.7. The second kappa shape index (κ2) is 11.0. The van der Waals surface area contributed by atoms with E-state index in [1.807, 2.05) is 6.07 Å². The van der Waals surface area contributed by atoms with Gasteiger partial charge in [0.15, 0.2) is 0 Å². The van der Waals surface area contributed by atoms with E-state index >= 15 is 0 Å². The molecule has 3 aromatic rings. The molecule has 1 N–H and O–H groups in total. The summed E-state index contributed by atoms with van der Waals surface area (Å²) in [5.74, 6) is 0.214. The van der Waals surface area contributed by atoms with Crippen molar-refractivity contribution in [3.63, 3.8) is 0 Å². The lowest BCUT2D eigenvalue weighted by molar-refractivity contribution is -0.115. The van der Waals surface area contributed by atoms with E-state index in [0.29, 0.717) is 22.7 Å². The summed E-state index contributed by atoms with van der Waals surface area (Å²) in [6, 6.07) is 18.7. The second-order valence-electron chi connectivity index (χ2n) is 8.11. The van der Waals surface area contributed by atoms with Gasteiger partial charge in [-0.25, -0.2) is 4.79 Å². The summed E-state index contributed by atoms with van der Waals surface area (Å²) >= 11 is 3.15. The Morgan fingerprint density at radius 2 is 1.88 bits per heavy atom. The molecule has 7 heteroatoms. The topological polar surface area (TPSA) is 58.6 Å². The van der Waals surface area contributed by atoms with Crippen molar-refractivity contribution < 1.29 is 14.3 Å². The number of nitrogens with one attached hydrogen (secondary N) is 1. The highest BCUT2D eigenvalue weighted by Gasteiger charge is 2.29. The van der Waals surface area contributed by atoms with Gasteiger partial charge in [0, 0.05) is 41.6 Å². The molecule has 0 aliphatic carbocycles. The van der Waals surface area contributed by atoms with Crippen LogP contribution in [0.3, 0.4) is 0 Å². The van der Waals surface area contributed by atoms with Crippen molar-refractivity contribution in [2.75, 3.05) is 24.7 Å². The van der Waals surface area contributed by atoms with Crippen molar-refractivity contribution in [2.24, 2.45) is 0 Å². The van der Waals surface area contributed by atoms with Crippen LogP contribution in [0.4, 0.5) is 5.00 Å². The summed E-state index contributed by atoms with van der Waals surface area (Å²) < 4.78 is 5.05. The minimum Gasteiger partial charge on any atom is -0.465 e. The minimum atomic E-state index is -0.381. The average Bonchev–Trinajstić information content (AvgIpc) is 3.17. The number of carbonyl (C=O) groups excluding carboxylic acids is 2. The quantitative estimate of drug-likeness (QED) is 0.340. The number of thioether (sulfide) groups is 1. The highest BCUT2D eigenvalue weighted by atomic mass is 32.2. The summed E-state index contributed by atoms with van der Waals surface area (Å²) in [5.41, 5.74) is 4.03. The van der Waals surface area contributed by atoms with Gasteiger partial charge in [0.25, 0.3) is 0 Å². The molecule has 0 bridgehead atoms. The molecular formula is C26H28N2O3S2. The number of aryl methyl sites for hydroxylation is 1. The number of methoxy groups -OCH3 is 1. The van der Waals surface area contributed by atoms with E-state index in [4.69, 9.17) is 4.74 Å². The Balaban J connectivity index is 1.41. The molecule has 1 aromatic heterocycles. The lowest BCUT2D eigenvalue weighted by Crippen LogP contribution is -2.29. The van der Waals surface area contributed by atoms with Crippen molar-refractivity contribution in [1.29, 1.82) is 0 Å². The summed E-state index contributed by atoms with van der Waals surface area (Å²) in [5, 5.41) is 3.60. The number of ether oxygens (including phenoxy) is 1. The minimum absolute atomic E-state index is 0.0838. The number of hydrogen-bond donors (Lipinski definition) is 1. The molecule has 0 saturated heterocycles. The van der Waals surface area contributed by atoms with Gasteiger partial charge in [0.05, 0.1) is 12.7 Å². The predicted molar refractivity (Wildman–Crippen MR) is 135 cm³/mol. The van der Waals surface area contributed by atoms with Crippen LogP contribution in [0.1, 0.15) is 38.3 Å². The van der Waals surface area contributed by atoms with E-state index in [0.717, 1.165) is 41.4 Å². The molecule has 1 aliphatic rings. The lowest BCUT2D eigenvalue weighted by Gasteiger charge is -2.27. The van der Waals surface area contributed by atoms with Crippen molar-refractivity contribution in [3.05, 3.63) is 81.7 Å². The zero-order chi connectivity index (χ0) is 23.2. The fourth-order valence-corrected chi connectivity index (χ4v) is 6.07. The summed E-state index contributed by atoms with van der Waals surface area (Å²) in [7, 11) is 1.39. The number of thiophene rings is 1. The van der Waals surface area contributed by atoms with Crippen LogP contribution < -0.4 is 5.32 Å². The monoisotopic (exact) mass is 480 g/mol. The van der Waals surface area contributed by atoms with Crippen LogP contribution >= 0.6 is 23.1 Å². The number of carbonyl (C=O) groups is 2. The molecule has 172 valence electrons. The van der Waals surface area contributed by atoms with Crippen molar-refractivity contribution in [3.8, 4) is 0 Å². The number of esters is 1. The van der Waals surface area contributed by atoms with Gasteiger partial charge in [-0.2, -0.15) is 0 Å². The number of nitrogens with zero attached hydrogens (tertiary/aromatic N) is 1. The molecule has 5 nitrogen and oxygen atoms in total. The van der Waals surface area contributed by atoms with Crippen LogP contribution in [0.25, 0.3) is 0 Å². The third-order valence-corrected chi connectivity index (χ3v) is 7.79. The van der Waals surface area contributed by atoms with E-state index in [1.54, 1.807) is 11.8 Å². The molecule has 0 spiro atoms. The Bertz CT molecular complexity index is 1110. The fourth-order valence-electron chi connectivity index (χ4n) is 3.92. The van der Waals surface area contributed by atoms with Gasteiger partial charge < -0.3 is 10.1 Å². The number of rotatable bonds is 8. The summed E-state index contributed by atoms with van der Waals surface area (Å²) in [6.45, 7) is 4.55. The zero-order valence-corrected chi connectivity index (χ0v) is 20.6. The maximum atomic E-state index is 12.7. The Morgan fingerprint density at radius 1 is 1.12 bits per heavy atom. The molecule has 0 radical (unpaired) electrons. The predicted octanol–water partition coefficient (Wildman–Crippen LogP) is 5.52. The van der Waals surface area contributed by atoms with Crippen LogP contribution in [0.5, 0.6) is 0 Å². The molecule has 4 rings (SSSR count). The van der Waals surface area contributed by atoms with E-state index in [2.05, 4.69) is 65.7 Å². The zero-order valence-electron chi connectivity index (χ0n) is 18.9. The first-order chi connectivity index (χ1) is 16.0. The standard InChI is InChI=1S/C26H28N2O3S2/c1-18-8-10-20(11-9-18)32-15-13-23(29)27-25-24(26(30)31-2)21-12-14-28(17-22(21)33-25)16-19-6-4-3-5-7-19/h3-11H,12-17H2,1-2H3,(H,27,29). The van der Waals surface area contributed by atoms with Gasteiger partial charge in [-0.15, -0.1) is 23.1 Å². The van der Waals surface area contributed by atoms with Crippen LogP contribution in [-0.4, -0.2) is 36.2 Å². The van der Waals surface area contributed by atoms with Crippen molar-refractivity contribution in [2.45, 2.75) is 37.8 Å². The lowest BCUT2D eigenvalue weighted by atomic mass is 10.0. The summed E-state index contributed by atoms with van der Waals surface area (Å²) in [6.07, 6.45) is 1.14. The molecule has 0 unspecified atom stereocenters. The van der Waals surface area contributed by atoms with Crippen molar-refractivity contribution >= 4 is 40.0 Å². The van der Waals surface area contributed by atoms with Crippen LogP contribution in [0.15, 0.2) is 59.5 Å². The third kappa shape index (κ3) is 6.05. The Kier molecular flexibility index (Phi) is 7.85. The first kappa shape index (κ1) is 23.5. The number of fused-ring (bicyclic) bond motifs is 1. The first-order valence-corrected chi connectivity index (χ1v) is 12.8. The summed E-state index contributed by atoms with van der Waals surface area (Å²) in [4.78, 5) is 29.9. The molecule has 0 fully saturated rings. The largest absolute Gasteiger partial charge is 0.465 e. The maximum Gasteiger partial charge on any atom is 0.341 e. The second-order valence-corrected chi connectivity index (χ2v) is 10.4. The number of amides is 1. The van der Waals surface area contributed by atoms with E-state index < -0.39 is 0 Å². The van der Waals surface area contributed by atoms with E-state index in [1.165, 1.54) is 29.6 Å². The SMILES string of the molecule is COC(=O)c1c(NC(=O)CCSc2ccc(C)cc2)sc2c1CCN(Cc1ccccc1)C2. The van der Waals surface area contributed by atoms with E-state index in [-0.39, 0.29) is 11.9 Å². The Hall–Kier alpha value is -2.61. The third-order valence-electron chi connectivity index (χ3n) is 5.65.